The van der Waals surface area contributed by atoms with Gasteiger partial charge in [0.2, 0.25) is 5.91 Å². The summed E-state index contributed by atoms with van der Waals surface area (Å²) in [6.45, 7) is 14.6. The van der Waals surface area contributed by atoms with Crippen LogP contribution in [0.25, 0.3) is 44.6 Å². The molecule has 1 saturated heterocycles. The number of hydrogen-bond donors (Lipinski definition) is 8. The van der Waals surface area contributed by atoms with E-state index in [0.717, 1.165) is 22.2 Å². The highest BCUT2D eigenvalue weighted by atomic mass is 33.1. The highest BCUT2D eigenvalue weighted by Gasteiger charge is 2.44. The fourth-order valence-electron chi connectivity index (χ4n) is 9.01. The molecule has 4 aromatic rings. The second-order valence-electron chi connectivity index (χ2n) is 20.2. The number of aromatic carboxylic acids is 1. The standard InChI is InChI=1S/C53H72N9O21P3S2/c1-7-55-39-24-41-37(21-32(39)3)47(38-22-33(4)40(56-8-2)25-42(38)80-41)35-10-9-34(23-36(35)52(65)66)51(64)57-12-14-75-16-18-77-20-19-76-17-15-74-13-11-45(63)58-28-53(5,6)88-87-31-78-43-26-46(62-30-61-48-49(54)59-29-60-50(48)62)81-44(43)27-79-85(70,71)83-86(72,73)82-84(67,68)69/h9-10,21-25,29-30,43-44,46,55H,7-8,11-20,26-28,31H2,1-6H3,(H,57,64)(H,58,63)(H,65,66)(H,70,71)(H,72,73)(H2,54,59,60)(H2,67,68,69)/p-1/t43?,44-,46-/m1/s1. The maximum Gasteiger partial charge on any atom is 0.490 e. The minimum atomic E-state index is -5.76. The van der Waals surface area contributed by atoms with Crippen LogP contribution in [0.3, 0.4) is 0 Å². The molecule has 2 aliphatic heterocycles. The molecule has 35 heteroatoms. The van der Waals surface area contributed by atoms with E-state index in [1.165, 1.54) is 44.9 Å². The van der Waals surface area contributed by atoms with E-state index in [1.54, 1.807) is 12.1 Å². The van der Waals surface area contributed by atoms with E-state index >= 15 is 0 Å². The molecule has 5 atom stereocenters. The summed E-state index contributed by atoms with van der Waals surface area (Å²) in [4.78, 5) is 93.0. The van der Waals surface area contributed by atoms with E-state index < -0.39 is 65.1 Å². The Labute approximate surface area is 513 Å². The second-order valence-corrected chi connectivity index (χ2v) is 27.5. The number of hydrogen-bond acceptors (Lipinski definition) is 25. The van der Waals surface area contributed by atoms with Crippen molar-refractivity contribution in [2.45, 2.75) is 77.6 Å². The number of benzene rings is 3. The van der Waals surface area contributed by atoms with Crippen LogP contribution in [0.2, 0.25) is 0 Å². The number of ether oxygens (including phenoxy) is 6. The quantitative estimate of drug-likeness (QED) is 0.00802. The van der Waals surface area contributed by atoms with Gasteiger partial charge in [0.25, 0.3) is 5.91 Å². The first-order valence-corrected chi connectivity index (χ1v) is 34.4. The Kier molecular flexibility index (Phi) is 25.5. The molecule has 0 spiro atoms. The lowest BCUT2D eigenvalue weighted by Crippen LogP contribution is -2.36. The van der Waals surface area contributed by atoms with Crippen molar-refractivity contribution in [3.63, 3.8) is 0 Å². The third kappa shape index (κ3) is 20.3. The average Bonchev–Trinajstić information content (AvgIpc) is 2.91. The lowest BCUT2D eigenvalue weighted by molar-refractivity contribution is -0.255. The van der Waals surface area contributed by atoms with Gasteiger partial charge >= 0.3 is 23.5 Å². The van der Waals surface area contributed by atoms with Crippen LogP contribution in [-0.4, -0.2) is 165 Å². The summed E-state index contributed by atoms with van der Waals surface area (Å²) in [6.07, 6.45) is 0.0841. The van der Waals surface area contributed by atoms with Crippen molar-refractivity contribution < 1.29 is 98.7 Å². The van der Waals surface area contributed by atoms with Gasteiger partial charge in [0.05, 0.1) is 83.2 Å². The van der Waals surface area contributed by atoms with E-state index in [1.807, 2.05) is 65.8 Å². The van der Waals surface area contributed by atoms with E-state index in [9.17, 15) is 43.0 Å². The first-order valence-electron chi connectivity index (χ1n) is 27.5. The number of aryl methyl sites for hydroxylation is 2. The molecule has 2 aromatic carbocycles. The average molecular weight is 1330 g/mol. The van der Waals surface area contributed by atoms with Crippen LogP contribution >= 0.6 is 45.1 Å². The molecule has 1 fully saturated rings. The third-order valence-electron chi connectivity index (χ3n) is 13.0. The lowest BCUT2D eigenvalue weighted by Gasteiger charge is -2.24. The number of imidazole rings is 1. The van der Waals surface area contributed by atoms with Crippen LogP contribution in [0.5, 0.6) is 0 Å². The molecule has 3 aliphatic rings. The molecule has 7 rings (SSSR count). The Hall–Kier alpha value is -5.44. The highest BCUT2D eigenvalue weighted by molar-refractivity contribution is 8.77. The van der Waals surface area contributed by atoms with Crippen LogP contribution in [-0.2, 0) is 60.1 Å². The van der Waals surface area contributed by atoms with Crippen LogP contribution in [0, 0.1) is 13.8 Å². The molecular formula is C53H71N9O21P3S2-. The maximum absolute atomic E-state index is 13.3. The van der Waals surface area contributed by atoms with Crippen molar-refractivity contribution in [2.24, 2.45) is 4.99 Å². The number of carboxylic acid groups (broad SMARTS) is 1. The number of nitrogens with two attached hydrogens (primary N) is 1. The van der Waals surface area contributed by atoms with Gasteiger partial charge in [-0.05, 0) is 82.5 Å². The molecule has 9 N–H and O–H groups in total. The molecule has 0 bridgehead atoms. The number of amides is 2. The number of phosphoric acid groups is 3. The summed E-state index contributed by atoms with van der Waals surface area (Å²) in [5, 5.41) is 23.3. The van der Waals surface area contributed by atoms with E-state index in [0.29, 0.717) is 65.4 Å². The summed E-state index contributed by atoms with van der Waals surface area (Å²) in [7, 11) is -14.1. The Balaban J connectivity index is 0.747. The fraction of sp³-hybridized carbons (Fsp3) is 0.491. The molecular weight excluding hydrogens is 1260 g/mol. The summed E-state index contributed by atoms with van der Waals surface area (Å²) < 4.78 is 89.8. The number of fused-ring (bicyclic) bond motifs is 3. The minimum Gasteiger partial charge on any atom is -0.545 e. The fourth-order valence-corrected chi connectivity index (χ4v) is 14.2. The topological polar surface area (TPSA) is 421 Å². The number of aromatic nitrogens is 4. The van der Waals surface area contributed by atoms with E-state index in [-0.39, 0.29) is 99.9 Å². The molecule has 0 saturated carbocycles. The number of nitrogen functional groups attached to an aromatic ring is 1. The summed E-state index contributed by atoms with van der Waals surface area (Å²) >= 11 is 0. The summed E-state index contributed by atoms with van der Waals surface area (Å²) in [6, 6.07) is 12.2. The molecule has 88 heavy (non-hydrogen) atoms. The van der Waals surface area contributed by atoms with Crippen LogP contribution in [0.15, 0.2) is 64.5 Å². The predicted octanol–water partition coefficient (Wildman–Crippen LogP) is 5.40. The zero-order valence-corrected chi connectivity index (χ0v) is 53.3. The van der Waals surface area contributed by atoms with Crippen molar-refractivity contribution in [2.75, 3.05) is 103 Å². The number of nitrogens with zero attached hydrogens (tertiary/aromatic N) is 5. The lowest BCUT2D eigenvalue weighted by atomic mass is 9.88. The minimum absolute atomic E-state index is 0.0488. The molecule has 482 valence electrons. The van der Waals surface area contributed by atoms with Gasteiger partial charge < -0.3 is 84.0 Å². The smallest absolute Gasteiger partial charge is 0.490 e. The number of nitrogens with one attached hydrogen (secondary N) is 3. The van der Waals surface area contributed by atoms with Crippen molar-refractivity contribution in [1.82, 2.24) is 30.2 Å². The van der Waals surface area contributed by atoms with E-state index in [2.05, 4.69) is 44.5 Å². The monoisotopic (exact) mass is 1330 g/mol. The number of anilines is 2. The van der Waals surface area contributed by atoms with Gasteiger partial charge in [0, 0.05) is 89.2 Å². The molecule has 4 heterocycles. The number of carbonyl (C=O) groups excluding carboxylic acids is 3. The van der Waals surface area contributed by atoms with Crippen molar-refractivity contribution in [1.29, 1.82) is 0 Å². The molecule has 3 unspecified atom stereocenters. The largest absolute Gasteiger partial charge is 0.545 e. The summed E-state index contributed by atoms with van der Waals surface area (Å²) in [5.74, 6) is -1.46. The first-order chi connectivity index (χ1) is 41.8. The molecule has 0 radical (unpaired) electrons. The maximum atomic E-state index is 13.3. The van der Waals surface area contributed by atoms with Gasteiger partial charge in [0.15, 0.2) is 11.5 Å². The number of rotatable bonds is 36. The number of phosphoric ester groups is 1. The third-order valence-corrected chi connectivity index (χ3v) is 19.7. The predicted molar refractivity (Wildman–Crippen MR) is 323 cm³/mol. The van der Waals surface area contributed by atoms with Gasteiger partial charge in [-0.3, -0.25) is 23.7 Å². The van der Waals surface area contributed by atoms with Crippen LogP contribution < -0.4 is 32.1 Å². The van der Waals surface area contributed by atoms with Gasteiger partial charge in [-0.25, -0.2) is 28.6 Å². The zero-order chi connectivity index (χ0) is 63.8. The second kappa shape index (κ2) is 32.0. The van der Waals surface area contributed by atoms with Gasteiger partial charge in [0.1, 0.15) is 41.5 Å². The first kappa shape index (κ1) is 70.0. The SMILES string of the molecule is CCN=c1cc2oc3cc(NCC)c(C)cc3c(-c3ccc(C(=O)NCCOCCOCCOCCOCCC(=O)NCC(C)(C)SSCOC4C[C@H](n5cnc6c(N)ncnc65)O[C@@H]4COP(=O)(O)OP(=O)(O)OP(=O)(O)O)cc3C(=O)[O-])c-2cc1C. The van der Waals surface area contributed by atoms with Gasteiger partial charge in [-0.15, -0.1) is 0 Å². The van der Waals surface area contributed by atoms with Crippen LogP contribution in [0.4, 0.5) is 11.5 Å². The van der Waals surface area contributed by atoms with Gasteiger partial charge in [-0.1, -0.05) is 27.7 Å². The van der Waals surface area contributed by atoms with Gasteiger partial charge in [-0.2, -0.15) is 8.62 Å². The van der Waals surface area contributed by atoms with Crippen molar-refractivity contribution in [3.05, 3.63) is 82.7 Å². The normalized spacial score (nSPS) is 17.2. The van der Waals surface area contributed by atoms with E-state index in [4.69, 9.17) is 52.9 Å². The Morgan fingerprint density at radius 3 is 2.25 bits per heavy atom. The van der Waals surface area contributed by atoms with Crippen molar-refractivity contribution >= 4 is 96.5 Å². The molecule has 2 amide bonds. The number of carbonyl (C=O) groups is 3. The Morgan fingerprint density at radius 2 is 1.57 bits per heavy atom. The Morgan fingerprint density at radius 1 is 0.864 bits per heavy atom. The molecule has 1 aliphatic carbocycles. The van der Waals surface area contributed by atoms with Crippen molar-refractivity contribution in [3.8, 4) is 22.5 Å². The Bertz CT molecular complexity index is 3590. The highest BCUT2D eigenvalue weighted by Crippen LogP contribution is 2.66. The van der Waals surface area contributed by atoms with Crippen LogP contribution in [0.1, 0.15) is 78.6 Å². The molecule has 2 aromatic heterocycles. The zero-order valence-electron chi connectivity index (χ0n) is 48.9. The summed E-state index contributed by atoms with van der Waals surface area (Å²) in [5.41, 5.74) is 11.5. The number of carboxylic acids is 1. The molecule has 30 nitrogen and oxygen atoms in total.